The highest BCUT2D eigenvalue weighted by atomic mass is 16.5. The number of carbonyl (C=O) groups excluding carboxylic acids is 2. The molecule has 0 radical (unpaired) electrons. The molecular formula is C20H21NO3. The van der Waals surface area contributed by atoms with Crippen molar-refractivity contribution in [2.75, 3.05) is 18.1 Å². The van der Waals surface area contributed by atoms with Crippen LogP contribution in [0.4, 0.5) is 5.69 Å². The van der Waals surface area contributed by atoms with Gasteiger partial charge in [-0.1, -0.05) is 36.4 Å². The van der Waals surface area contributed by atoms with E-state index >= 15 is 0 Å². The van der Waals surface area contributed by atoms with Crippen molar-refractivity contribution in [3.63, 3.8) is 0 Å². The van der Waals surface area contributed by atoms with Crippen molar-refractivity contribution in [1.29, 1.82) is 0 Å². The Morgan fingerprint density at radius 1 is 1.08 bits per heavy atom. The zero-order valence-electron chi connectivity index (χ0n) is 13.8. The van der Waals surface area contributed by atoms with E-state index in [1.165, 1.54) is 0 Å². The molecule has 2 aromatic carbocycles. The first-order valence-corrected chi connectivity index (χ1v) is 8.34. The van der Waals surface area contributed by atoms with E-state index in [1.807, 2.05) is 42.5 Å². The first kappa shape index (κ1) is 16.2. The Kier molecular flexibility index (Phi) is 4.94. The molecule has 3 rings (SSSR count). The molecule has 0 saturated carbocycles. The summed E-state index contributed by atoms with van der Waals surface area (Å²) < 4.78 is 4.97. The van der Waals surface area contributed by atoms with Crippen molar-refractivity contribution in [3.05, 3.63) is 65.2 Å². The van der Waals surface area contributed by atoms with E-state index in [-0.39, 0.29) is 11.9 Å². The molecule has 2 aromatic rings. The lowest BCUT2D eigenvalue weighted by molar-refractivity contribution is -0.143. The summed E-state index contributed by atoms with van der Waals surface area (Å²) in [5.41, 5.74) is 3.85. The number of amides is 1. The monoisotopic (exact) mass is 323 g/mol. The van der Waals surface area contributed by atoms with Gasteiger partial charge in [-0.15, -0.1) is 0 Å². The molecule has 0 spiro atoms. The van der Waals surface area contributed by atoms with Crippen LogP contribution < -0.4 is 4.90 Å². The molecule has 4 heteroatoms. The molecule has 0 aromatic heterocycles. The molecule has 4 nitrogen and oxygen atoms in total. The second-order valence-corrected chi connectivity index (χ2v) is 5.83. The largest absolute Gasteiger partial charge is 0.466 e. The summed E-state index contributed by atoms with van der Waals surface area (Å²) in [6.07, 6.45) is 1.65. The smallest absolute Gasteiger partial charge is 0.305 e. The van der Waals surface area contributed by atoms with Crippen molar-refractivity contribution in [1.82, 2.24) is 0 Å². The van der Waals surface area contributed by atoms with Crippen LogP contribution in [0.15, 0.2) is 48.5 Å². The fourth-order valence-electron chi connectivity index (χ4n) is 3.10. The average molecular weight is 323 g/mol. The third kappa shape index (κ3) is 3.32. The number of hydrogen-bond acceptors (Lipinski definition) is 3. The number of rotatable bonds is 5. The maximum atomic E-state index is 13.0. The number of nitrogens with zero attached hydrogens (tertiary/aromatic N) is 1. The van der Waals surface area contributed by atoms with Gasteiger partial charge in [-0.25, -0.2) is 0 Å². The van der Waals surface area contributed by atoms with Crippen molar-refractivity contribution >= 4 is 17.6 Å². The summed E-state index contributed by atoms with van der Waals surface area (Å²) in [6, 6.07) is 15.7. The fourth-order valence-corrected chi connectivity index (χ4v) is 3.10. The molecule has 124 valence electrons. The van der Waals surface area contributed by atoms with Gasteiger partial charge in [0.15, 0.2) is 0 Å². The van der Waals surface area contributed by atoms with Crippen LogP contribution in [0, 0.1) is 0 Å². The highest BCUT2D eigenvalue weighted by Crippen LogP contribution is 2.30. The Labute approximate surface area is 142 Å². The summed E-state index contributed by atoms with van der Waals surface area (Å²) in [5, 5.41) is 0. The van der Waals surface area contributed by atoms with Crippen LogP contribution in [-0.4, -0.2) is 25.0 Å². The maximum Gasteiger partial charge on any atom is 0.305 e. The lowest BCUT2D eigenvalue weighted by atomic mass is 10.0. The summed E-state index contributed by atoms with van der Waals surface area (Å²) in [5.74, 6) is -0.215. The summed E-state index contributed by atoms with van der Waals surface area (Å²) in [6.45, 7) is 2.68. The Balaban J connectivity index is 1.86. The normalized spacial score (nSPS) is 13.0. The highest BCUT2D eigenvalue weighted by Gasteiger charge is 2.26. The number of anilines is 1. The van der Waals surface area contributed by atoms with Gasteiger partial charge >= 0.3 is 5.97 Å². The minimum Gasteiger partial charge on any atom is -0.466 e. The first-order valence-electron chi connectivity index (χ1n) is 8.34. The van der Waals surface area contributed by atoms with E-state index in [4.69, 9.17) is 4.74 Å². The van der Waals surface area contributed by atoms with Crippen molar-refractivity contribution in [2.24, 2.45) is 0 Å². The van der Waals surface area contributed by atoms with Gasteiger partial charge in [0.05, 0.1) is 6.61 Å². The molecule has 0 N–H and O–H groups in total. The van der Waals surface area contributed by atoms with Gasteiger partial charge in [0.25, 0.3) is 5.91 Å². The standard InChI is InChI=1S/C20H21NO3/c1-2-24-19(22)12-7-13-21-18-11-6-4-9-16(18)14-15-8-3-5-10-17(15)20(21)23/h3-6,8-11H,2,7,12-14H2,1H3. The molecule has 0 unspecified atom stereocenters. The topological polar surface area (TPSA) is 46.6 Å². The molecule has 24 heavy (non-hydrogen) atoms. The van der Waals surface area contributed by atoms with E-state index < -0.39 is 0 Å². The van der Waals surface area contributed by atoms with Gasteiger partial charge < -0.3 is 9.64 Å². The number of para-hydroxylation sites is 1. The van der Waals surface area contributed by atoms with Gasteiger partial charge in [0.1, 0.15) is 0 Å². The first-order chi connectivity index (χ1) is 11.7. The maximum absolute atomic E-state index is 13.0. The molecule has 1 amide bonds. The van der Waals surface area contributed by atoms with E-state index in [2.05, 4.69) is 6.07 Å². The molecule has 0 fully saturated rings. The van der Waals surface area contributed by atoms with E-state index in [0.29, 0.717) is 26.0 Å². The third-order valence-electron chi connectivity index (χ3n) is 4.22. The quantitative estimate of drug-likeness (QED) is 0.790. The minimum absolute atomic E-state index is 0.000547. The number of fused-ring (bicyclic) bond motifs is 2. The number of ether oxygens (including phenoxy) is 1. The Morgan fingerprint density at radius 2 is 1.79 bits per heavy atom. The molecule has 1 aliphatic rings. The van der Waals surface area contributed by atoms with Crippen LogP contribution in [0.2, 0.25) is 0 Å². The predicted octanol–water partition coefficient (Wildman–Crippen LogP) is 3.58. The van der Waals surface area contributed by atoms with Crippen LogP contribution in [0.25, 0.3) is 0 Å². The van der Waals surface area contributed by atoms with Crippen LogP contribution in [0.1, 0.15) is 41.3 Å². The number of benzene rings is 2. The lowest BCUT2D eigenvalue weighted by Gasteiger charge is -2.23. The number of esters is 1. The van der Waals surface area contributed by atoms with E-state index in [9.17, 15) is 9.59 Å². The Morgan fingerprint density at radius 3 is 2.58 bits per heavy atom. The van der Waals surface area contributed by atoms with Crippen LogP contribution in [-0.2, 0) is 16.0 Å². The minimum atomic E-state index is -0.214. The second kappa shape index (κ2) is 7.30. The molecule has 0 aliphatic carbocycles. The second-order valence-electron chi connectivity index (χ2n) is 5.83. The predicted molar refractivity (Wildman–Crippen MR) is 93.2 cm³/mol. The van der Waals surface area contributed by atoms with Gasteiger partial charge in [0, 0.05) is 30.6 Å². The van der Waals surface area contributed by atoms with Gasteiger partial charge in [-0.3, -0.25) is 9.59 Å². The summed E-state index contributed by atoms with van der Waals surface area (Å²) >= 11 is 0. The van der Waals surface area contributed by atoms with Crippen LogP contribution in [0.5, 0.6) is 0 Å². The number of carbonyl (C=O) groups is 2. The van der Waals surface area contributed by atoms with Gasteiger partial charge in [-0.05, 0) is 36.6 Å². The number of hydrogen-bond donors (Lipinski definition) is 0. The summed E-state index contributed by atoms with van der Waals surface area (Å²) in [4.78, 5) is 26.4. The van der Waals surface area contributed by atoms with Crippen LogP contribution >= 0.6 is 0 Å². The zero-order valence-corrected chi connectivity index (χ0v) is 13.8. The van der Waals surface area contributed by atoms with Crippen LogP contribution in [0.3, 0.4) is 0 Å². The fraction of sp³-hybridized carbons (Fsp3) is 0.300. The molecule has 0 atom stereocenters. The van der Waals surface area contributed by atoms with Gasteiger partial charge in [-0.2, -0.15) is 0 Å². The van der Waals surface area contributed by atoms with Crippen molar-refractivity contribution in [2.45, 2.75) is 26.2 Å². The molecule has 0 saturated heterocycles. The van der Waals surface area contributed by atoms with Crippen molar-refractivity contribution in [3.8, 4) is 0 Å². The molecular weight excluding hydrogens is 302 g/mol. The summed E-state index contributed by atoms with van der Waals surface area (Å²) in [7, 11) is 0. The van der Waals surface area contributed by atoms with Gasteiger partial charge in [0.2, 0.25) is 0 Å². The lowest BCUT2D eigenvalue weighted by Crippen LogP contribution is -2.32. The SMILES string of the molecule is CCOC(=O)CCCN1C(=O)c2ccccc2Cc2ccccc21. The Hall–Kier alpha value is -2.62. The Bertz CT molecular complexity index is 754. The van der Waals surface area contributed by atoms with Crippen molar-refractivity contribution < 1.29 is 14.3 Å². The molecule has 0 bridgehead atoms. The van der Waals surface area contributed by atoms with E-state index in [1.54, 1.807) is 11.8 Å². The average Bonchev–Trinajstić information content (AvgIpc) is 2.71. The zero-order chi connectivity index (χ0) is 16.9. The third-order valence-corrected chi connectivity index (χ3v) is 4.22. The molecule has 1 aliphatic heterocycles. The highest BCUT2D eigenvalue weighted by molar-refractivity contribution is 6.08. The van der Waals surface area contributed by atoms with E-state index in [0.717, 1.165) is 28.8 Å². The molecule has 1 heterocycles.